The van der Waals surface area contributed by atoms with E-state index in [1.165, 1.54) is 24.2 Å². The zero-order valence-electron chi connectivity index (χ0n) is 11.7. The smallest absolute Gasteiger partial charge is 0.263 e. The molecule has 4 nitrogen and oxygen atoms in total. The van der Waals surface area contributed by atoms with Crippen molar-refractivity contribution in [3.63, 3.8) is 0 Å². The second-order valence-corrected chi connectivity index (χ2v) is 6.72. The maximum atomic E-state index is 12.3. The van der Waals surface area contributed by atoms with Crippen molar-refractivity contribution in [2.24, 2.45) is 0 Å². The van der Waals surface area contributed by atoms with Crippen molar-refractivity contribution in [3.05, 3.63) is 28.1 Å². The number of fused-ring (bicyclic) bond motifs is 1. The second kappa shape index (κ2) is 6.22. The van der Waals surface area contributed by atoms with Gasteiger partial charge in [0.1, 0.15) is 4.88 Å². The fraction of sp³-hybridized carbons (Fsp3) is 0.400. The Labute approximate surface area is 132 Å². The average molecular weight is 324 g/mol. The third-order valence-electron chi connectivity index (χ3n) is 3.82. The van der Waals surface area contributed by atoms with Crippen molar-refractivity contribution in [1.29, 1.82) is 0 Å². The van der Waals surface area contributed by atoms with Gasteiger partial charge in [-0.1, -0.05) is 17.7 Å². The van der Waals surface area contributed by atoms with Gasteiger partial charge in [0.15, 0.2) is 0 Å². The van der Waals surface area contributed by atoms with Gasteiger partial charge < -0.3 is 16.0 Å². The molecule has 0 saturated carbocycles. The lowest BCUT2D eigenvalue weighted by atomic mass is 10.2. The lowest BCUT2D eigenvalue weighted by Crippen LogP contribution is -2.33. The number of nitrogens with zero attached hydrogens (tertiary/aromatic N) is 1. The van der Waals surface area contributed by atoms with Crippen LogP contribution in [0.15, 0.2) is 18.2 Å². The molecule has 2 aromatic rings. The van der Waals surface area contributed by atoms with E-state index in [-0.39, 0.29) is 5.91 Å². The van der Waals surface area contributed by atoms with Crippen LogP contribution in [0.25, 0.3) is 10.1 Å². The number of benzene rings is 1. The molecular formula is C15H18ClN3OS. The maximum Gasteiger partial charge on any atom is 0.263 e. The summed E-state index contributed by atoms with van der Waals surface area (Å²) in [5.74, 6) is -0.107. The van der Waals surface area contributed by atoms with E-state index in [1.54, 1.807) is 6.07 Å². The SMILES string of the molecule is Nc1c(C(=O)NCCN2CCCC2)sc2cccc(Cl)c12. The summed E-state index contributed by atoms with van der Waals surface area (Å²) in [6.45, 7) is 3.82. The Hall–Kier alpha value is -1.30. The Morgan fingerprint density at radius 1 is 1.38 bits per heavy atom. The van der Waals surface area contributed by atoms with E-state index < -0.39 is 0 Å². The van der Waals surface area contributed by atoms with Crippen LogP contribution in [-0.4, -0.2) is 37.0 Å². The Kier molecular flexibility index (Phi) is 4.33. The zero-order chi connectivity index (χ0) is 14.8. The van der Waals surface area contributed by atoms with E-state index in [2.05, 4.69) is 10.2 Å². The van der Waals surface area contributed by atoms with E-state index >= 15 is 0 Å². The number of nitrogens with one attached hydrogen (secondary N) is 1. The van der Waals surface area contributed by atoms with Crippen LogP contribution in [0.2, 0.25) is 5.02 Å². The largest absolute Gasteiger partial charge is 0.397 e. The van der Waals surface area contributed by atoms with Gasteiger partial charge in [0.25, 0.3) is 5.91 Å². The van der Waals surface area contributed by atoms with Gasteiger partial charge in [-0.3, -0.25) is 4.79 Å². The monoisotopic (exact) mass is 323 g/mol. The molecule has 1 aromatic heterocycles. The predicted molar refractivity (Wildman–Crippen MR) is 89.3 cm³/mol. The highest BCUT2D eigenvalue weighted by Gasteiger charge is 2.18. The molecule has 0 bridgehead atoms. The van der Waals surface area contributed by atoms with Crippen molar-refractivity contribution in [2.45, 2.75) is 12.8 Å². The molecule has 112 valence electrons. The van der Waals surface area contributed by atoms with Crippen LogP contribution in [0, 0.1) is 0 Å². The van der Waals surface area contributed by atoms with Crippen molar-refractivity contribution in [3.8, 4) is 0 Å². The Balaban J connectivity index is 1.69. The summed E-state index contributed by atoms with van der Waals surface area (Å²) in [7, 11) is 0. The van der Waals surface area contributed by atoms with Crippen LogP contribution in [0.4, 0.5) is 5.69 Å². The minimum atomic E-state index is -0.107. The van der Waals surface area contributed by atoms with Gasteiger partial charge in [0, 0.05) is 23.2 Å². The lowest BCUT2D eigenvalue weighted by molar-refractivity contribution is 0.0954. The molecule has 1 fully saturated rings. The van der Waals surface area contributed by atoms with E-state index in [1.807, 2.05) is 12.1 Å². The standard InChI is InChI=1S/C15H18ClN3OS/c16-10-4-3-5-11-12(10)13(17)14(21-11)15(20)18-6-9-19-7-1-2-8-19/h3-5H,1-2,6-9,17H2,(H,18,20). The lowest BCUT2D eigenvalue weighted by Gasteiger charge is -2.14. The molecule has 0 radical (unpaired) electrons. The van der Waals surface area contributed by atoms with E-state index in [0.29, 0.717) is 22.1 Å². The molecule has 1 aliphatic rings. The number of carbonyl (C=O) groups excluding carboxylic acids is 1. The number of amides is 1. The molecule has 1 aromatic carbocycles. The van der Waals surface area contributed by atoms with Crippen LogP contribution >= 0.6 is 22.9 Å². The highest BCUT2D eigenvalue weighted by molar-refractivity contribution is 7.21. The Morgan fingerprint density at radius 2 is 2.14 bits per heavy atom. The van der Waals surface area contributed by atoms with Crippen LogP contribution in [-0.2, 0) is 0 Å². The maximum absolute atomic E-state index is 12.3. The van der Waals surface area contributed by atoms with E-state index in [9.17, 15) is 4.79 Å². The number of thiophene rings is 1. The van der Waals surface area contributed by atoms with Gasteiger partial charge in [-0.15, -0.1) is 11.3 Å². The predicted octanol–water partition coefficient (Wildman–Crippen LogP) is 2.96. The summed E-state index contributed by atoms with van der Waals surface area (Å²) in [4.78, 5) is 15.2. The summed E-state index contributed by atoms with van der Waals surface area (Å²) < 4.78 is 0.949. The minimum Gasteiger partial charge on any atom is -0.397 e. The molecule has 1 saturated heterocycles. The fourth-order valence-electron chi connectivity index (χ4n) is 2.71. The normalized spacial score (nSPS) is 15.7. The van der Waals surface area contributed by atoms with E-state index in [0.717, 1.165) is 29.7 Å². The number of rotatable bonds is 4. The molecular weight excluding hydrogens is 306 g/mol. The van der Waals surface area contributed by atoms with Crippen LogP contribution in [0.3, 0.4) is 0 Å². The van der Waals surface area contributed by atoms with Gasteiger partial charge in [-0.25, -0.2) is 0 Å². The number of carbonyl (C=O) groups is 1. The molecule has 3 N–H and O–H groups in total. The van der Waals surface area contributed by atoms with E-state index in [4.69, 9.17) is 17.3 Å². The molecule has 6 heteroatoms. The molecule has 1 aliphatic heterocycles. The van der Waals surface area contributed by atoms with Crippen LogP contribution < -0.4 is 11.1 Å². The summed E-state index contributed by atoms with van der Waals surface area (Å²) >= 11 is 7.55. The van der Waals surface area contributed by atoms with Crippen LogP contribution in [0.5, 0.6) is 0 Å². The van der Waals surface area contributed by atoms with Gasteiger partial charge >= 0.3 is 0 Å². The molecule has 21 heavy (non-hydrogen) atoms. The highest BCUT2D eigenvalue weighted by atomic mass is 35.5. The van der Waals surface area contributed by atoms with Crippen molar-refractivity contribution in [2.75, 3.05) is 31.9 Å². The molecule has 0 unspecified atom stereocenters. The Morgan fingerprint density at radius 3 is 2.86 bits per heavy atom. The summed E-state index contributed by atoms with van der Waals surface area (Å²) in [5, 5.41) is 4.33. The zero-order valence-corrected chi connectivity index (χ0v) is 13.3. The number of hydrogen-bond donors (Lipinski definition) is 2. The van der Waals surface area contributed by atoms with Gasteiger partial charge in [0.05, 0.1) is 10.7 Å². The summed E-state index contributed by atoms with van der Waals surface area (Å²) in [6, 6.07) is 5.60. The molecule has 0 atom stereocenters. The van der Waals surface area contributed by atoms with Crippen molar-refractivity contribution >= 4 is 44.6 Å². The molecule has 0 aliphatic carbocycles. The Bertz CT molecular complexity index is 664. The van der Waals surface area contributed by atoms with Crippen molar-refractivity contribution < 1.29 is 4.79 Å². The van der Waals surface area contributed by atoms with Gasteiger partial charge in [0.2, 0.25) is 0 Å². The second-order valence-electron chi connectivity index (χ2n) is 5.26. The third kappa shape index (κ3) is 3.00. The number of anilines is 1. The first-order valence-electron chi connectivity index (χ1n) is 7.14. The van der Waals surface area contributed by atoms with Gasteiger partial charge in [-0.05, 0) is 38.1 Å². The molecule has 1 amide bonds. The minimum absolute atomic E-state index is 0.107. The summed E-state index contributed by atoms with van der Waals surface area (Å²) in [6.07, 6.45) is 2.52. The number of likely N-dealkylation sites (tertiary alicyclic amines) is 1. The number of nitrogens with two attached hydrogens (primary N) is 1. The number of halogens is 1. The number of hydrogen-bond acceptors (Lipinski definition) is 4. The van der Waals surface area contributed by atoms with Crippen LogP contribution in [0.1, 0.15) is 22.5 Å². The summed E-state index contributed by atoms with van der Waals surface area (Å²) in [5.41, 5.74) is 6.57. The third-order valence-corrected chi connectivity index (χ3v) is 5.30. The first-order chi connectivity index (χ1) is 10.2. The first kappa shape index (κ1) is 14.6. The average Bonchev–Trinajstić information content (AvgIpc) is 3.08. The molecule has 2 heterocycles. The van der Waals surface area contributed by atoms with Gasteiger partial charge in [-0.2, -0.15) is 0 Å². The number of nitrogen functional groups attached to an aromatic ring is 1. The first-order valence-corrected chi connectivity index (χ1v) is 8.33. The quantitative estimate of drug-likeness (QED) is 0.909. The fourth-order valence-corrected chi connectivity index (χ4v) is 4.11. The van der Waals surface area contributed by atoms with Crippen molar-refractivity contribution in [1.82, 2.24) is 10.2 Å². The topological polar surface area (TPSA) is 58.4 Å². The molecule has 0 spiro atoms. The highest BCUT2D eigenvalue weighted by Crippen LogP contribution is 2.37. The molecule has 3 rings (SSSR count).